The minimum Gasteiger partial charge on any atom is -0.480 e. The highest BCUT2D eigenvalue weighted by atomic mass is 32.2. The molecule has 1 aromatic heterocycles. The number of carboxylic acid groups (broad SMARTS) is 1. The number of hydrogen-bond donors (Lipinski definition) is 1. The third kappa shape index (κ3) is 2.21. The molecule has 0 bridgehead atoms. The summed E-state index contributed by atoms with van der Waals surface area (Å²) in [5.74, 6) is -1.13. The summed E-state index contributed by atoms with van der Waals surface area (Å²) in [6.07, 6.45) is 0.187. The molecule has 2 aromatic rings. The van der Waals surface area contributed by atoms with Crippen molar-refractivity contribution in [1.82, 2.24) is 0 Å². The SMILES string of the molecule is Cc1cc(S(=O)(=O)N2c3ccccc3C[C@H]2C(=O)O)c(C)s1. The second-order valence-electron chi connectivity index (χ2n) is 5.27. The molecule has 22 heavy (non-hydrogen) atoms. The van der Waals surface area contributed by atoms with Gasteiger partial charge < -0.3 is 5.11 Å². The number of para-hydroxylation sites is 1. The third-order valence-corrected chi connectivity index (χ3v) is 6.79. The molecule has 1 aliphatic heterocycles. The zero-order chi connectivity index (χ0) is 16.1. The molecule has 1 atom stereocenters. The number of rotatable bonds is 3. The molecule has 0 radical (unpaired) electrons. The molecule has 2 heterocycles. The van der Waals surface area contributed by atoms with Crippen LogP contribution in [0.15, 0.2) is 35.2 Å². The van der Waals surface area contributed by atoms with E-state index in [1.165, 1.54) is 11.3 Å². The number of fused-ring (bicyclic) bond motifs is 1. The maximum atomic E-state index is 13.0. The molecule has 0 fully saturated rings. The number of benzene rings is 1. The van der Waals surface area contributed by atoms with Crippen molar-refractivity contribution in [2.45, 2.75) is 31.2 Å². The van der Waals surface area contributed by atoms with Gasteiger partial charge in [0.1, 0.15) is 10.9 Å². The van der Waals surface area contributed by atoms with E-state index in [2.05, 4.69) is 0 Å². The van der Waals surface area contributed by atoms with Crippen LogP contribution in [0.3, 0.4) is 0 Å². The fourth-order valence-electron chi connectivity index (χ4n) is 2.81. The Balaban J connectivity index is 2.19. The zero-order valence-corrected chi connectivity index (χ0v) is 13.7. The van der Waals surface area contributed by atoms with Crippen molar-refractivity contribution in [2.24, 2.45) is 0 Å². The summed E-state index contributed by atoms with van der Waals surface area (Å²) in [5.41, 5.74) is 1.20. The normalized spacial score (nSPS) is 17.5. The summed E-state index contributed by atoms with van der Waals surface area (Å²) in [6, 6.07) is 7.44. The first-order chi connectivity index (χ1) is 10.3. The Morgan fingerprint density at radius 2 is 2.00 bits per heavy atom. The van der Waals surface area contributed by atoms with Crippen LogP contribution in [-0.4, -0.2) is 25.5 Å². The maximum Gasteiger partial charge on any atom is 0.327 e. The van der Waals surface area contributed by atoms with Crippen molar-refractivity contribution in [3.63, 3.8) is 0 Å². The number of carboxylic acids is 1. The summed E-state index contributed by atoms with van der Waals surface area (Å²) in [4.78, 5) is 13.3. The van der Waals surface area contributed by atoms with Gasteiger partial charge in [0.2, 0.25) is 0 Å². The van der Waals surface area contributed by atoms with E-state index in [-0.39, 0.29) is 11.3 Å². The van der Waals surface area contributed by atoms with Crippen LogP contribution in [0.1, 0.15) is 15.3 Å². The van der Waals surface area contributed by atoms with Gasteiger partial charge in [-0.1, -0.05) is 18.2 Å². The lowest BCUT2D eigenvalue weighted by molar-refractivity contribution is -0.138. The first-order valence-electron chi connectivity index (χ1n) is 6.74. The molecule has 0 amide bonds. The first kappa shape index (κ1) is 15.1. The number of sulfonamides is 1. The highest BCUT2D eigenvalue weighted by molar-refractivity contribution is 7.93. The molecule has 1 aromatic carbocycles. The van der Waals surface area contributed by atoms with E-state index < -0.39 is 22.0 Å². The van der Waals surface area contributed by atoms with Crippen molar-refractivity contribution in [3.8, 4) is 0 Å². The number of aryl methyl sites for hydroxylation is 2. The number of thiophene rings is 1. The number of nitrogens with zero attached hydrogens (tertiary/aromatic N) is 1. The van der Waals surface area contributed by atoms with E-state index in [4.69, 9.17) is 0 Å². The standard InChI is InChI=1S/C15H15NO4S2/c1-9-7-14(10(2)21-9)22(19,20)16-12-6-4-3-5-11(12)8-13(16)15(17)18/h3-7,13H,8H2,1-2H3,(H,17,18)/t13-/m0/s1. The highest BCUT2D eigenvalue weighted by Gasteiger charge is 2.43. The van der Waals surface area contributed by atoms with Crippen molar-refractivity contribution in [1.29, 1.82) is 0 Å². The van der Waals surface area contributed by atoms with Crippen molar-refractivity contribution in [3.05, 3.63) is 45.6 Å². The Labute approximate surface area is 132 Å². The van der Waals surface area contributed by atoms with Gasteiger partial charge in [-0.15, -0.1) is 11.3 Å². The minimum atomic E-state index is -3.89. The second kappa shape index (κ2) is 5.10. The molecule has 1 N–H and O–H groups in total. The fraction of sp³-hybridized carbons (Fsp3) is 0.267. The van der Waals surface area contributed by atoms with Gasteiger partial charge in [0, 0.05) is 16.2 Å². The lowest BCUT2D eigenvalue weighted by Crippen LogP contribution is -2.42. The molecule has 7 heteroatoms. The average Bonchev–Trinajstić information content (AvgIpc) is 2.99. The predicted molar refractivity (Wildman–Crippen MR) is 85.0 cm³/mol. The van der Waals surface area contributed by atoms with Crippen LogP contribution in [0.25, 0.3) is 0 Å². The number of anilines is 1. The van der Waals surface area contributed by atoms with E-state index in [0.717, 1.165) is 14.7 Å². The summed E-state index contributed by atoms with van der Waals surface area (Å²) in [7, 11) is -3.89. The second-order valence-corrected chi connectivity index (χ2v) is 8.51. The molecule has 3 rings (SSSR count). The first-order valence-corrected chi connectivity index (χ1v) is 9.00. The minimum absolute atomic E-state index is 0.187. The van der Waals surface area contributed by atoms with Crippen LogP contribution in [0, 0.1) is 13.8 Å². The van der Waals surface area contributed by atoms with Gasteiger partial charge in [-0.2, -0.15) is 0 Å². The summed E-state index contributed by atoms with van der Waals surface area (Å²) < 4.78 is 27.1. The molecular formula is C15H15NO4S2. The molecule has 116 valence electrons. The monoisotopic (exact) mass is 337 g/mol. The van der Waals surface area contributed by atoms with E-state index in [0.29, 0.717) is 10.6 Å². The van der Waals surface area contributed by atoms with Crippen molar-refractivity contribution >= 4 is 33.0 Å². The van der Waals surface area contributed by atoms with Crippen LogP contribution in [0.2, 0.25) is 0 Å². The summed E-state index contributed by atoms with van der Waals surface area (Å²) in [6.45, 7) is 3.57. The van der Waals surface area contributed by atoms with Gasteiger partial charge in [0.05, 0.1) is 5.69 Å². The topological polar surface area (TPSA) is 74.7 Å². The van der Waals surface area contributed by atoms with Gasteiger partial charge in [-0.25, -0.2) is 13.2 Å². The van der Waals surface area contributed by atoms with Gasteiger partial charge in [0.15, 0.2) is 0 Å². The van der Waals surface area contributed by atoms with Crippen molar-refractivity contribution < 1.29 is 18.3 Å². The fourth-order valence-corrected chi connectivity index (χ4v) is 5.98. The van der Waals surface area contributed by atoms with Gasteiger partial charge >= 0.3 is 5.97 Å². The van der Waals surface area contributed by atoms with Gasteiger partial charge in [-0.3, -0.25) is 4.31 Å². The zero-order valence-electron chi connectivity index (χ0n) is 12.1. The Kier molecular flexibility index (Phi) is 3.49. The quantitative estimate of drug-likeness (QED) is 0.934. The number of aliphatic carboxylic acids is 1. The molecule has 0 saturated carbocycles. The van der Waals surface area contributed by atoms with Gasteiger partial charge in [0.25, 0.3) is 10.0 Å². The third-order valence-electron chi connectivity index (χ3n) is 3.74. The van der Waals surface area contributed by atoms with E-state index in [1.807, 2.05) is 6.92 Å². The Bertz CT molecular complexity index is 854. The Morgan fingerprint density at radius 3 is 2.59 bits per heavy atom. The molecular weight excluding hydrogens is 322 g/mol. The van der Waals surface area contributed by atoms with Crippen LogP contribution in [0.4, 0.5) is 5.69 Å². The van der Waals surface area contributed by atoms with Crippen LogP contribution in [0.5, 0.6) is 0 Å². The Hall–Kier alpha value is -1.86. The lowest BCUT2D eigenvalue weighted by atomic mass is 10.1. The van der Waals surface area contributed by atoms with E-state index in [1.54, 1.807) is 37.3 Å². The largest absolute Gasteiger partial charge is 0.480 e. The molecule has 0 unspecified atom stereocenters. The molecule has 5 nitrogen and oxygen atoms in total. The summed E-state index contributed by atoms with van der Waals surface area (Å²) >= 11 is 1.39. The van der Waals surface area contributed by atoms with Crippen LogP contribution in [-0.2, 0) is 21.2 Å². The Morgan fingerprint density at radius 1 is 1.32 bits per heavy atom. The molecule has 1 aliphatic rings. The van der Waals surface area contributed by atoms with Gasteiger partial charge in [-0.05, 0) is 31.5 Å². The molecule has 0 aliphatic carbocycles. The molecule has 0 saturated heterocycles. The smallest absolute Gasteiger partial charge is 0.327 e. The summed E-state index contributed by atoms with van der Waals surface area (Å²) in [5, 5.41) is 9.44. The predicted octanol–water partition coefficient (Wildman–Crippen LogP) is 2.57. The average molecular weight is 337 g/mol. The van der Waals surface area contributed by atoms with Crippen molar-refractivity contribution in [2.75, 3.05) is 4.31 Å². The maximum absolute atomic E-state index is 13.0. The number of carbonyl (C=O) groups is 1. The van der Waals surface area contributed by atoms with E-state index in [9.17, 15) is 18.3 Å². The van der Waals surface area contributed by atoms with Crippen LogP contribution < -0.4 is 4.31 Å². The highest BCUT2D eigenvalue weighted by Crippen LogP contribution is 2.38. The lowest BCUT2D eigenvalue weighted by Gasteiger charge is -2.24. The van der Waals surface area contributed by atoms with E-state index >= 15 is 0 Å². The van der Waals surface area contributed by atoms with Crippen LogP contribution >= 0.6 is 11.3 Å². The molecule has 0 spiro atoms. The number of hydrogen-bond acceptors (Lipinski definition) is 4.